The third kappa shape index (κ3) is 2.66. The van der Waals surface area contributed by atoms with Crippen molar-refractivity contribution in [3.8, 4) is 5.88 Å². The average Bonchev–Trinajstić information content (AvgIpc) is 2.74. The van der Waals surface area contributed by atoms with Gasteiger partial charge in [-0.1, -0.05) is 0 Å². The Hall–Kier alpha value is -2.24. The van der Waals surface area contributed by atoms with Crippen LogP contribution in [0.1, 0.15) is 5.69 Å². The van der Waals surface area contributed by atoms with Crippen molar-refractivity contribution in [1.29, 1.82) is 0 Å². The summed E-state index contributed by atoms with van der Waals surface area (Å²) in [5.74, 6) is 1.14. The molecule has 2 rings (SSSR count). The number of methoxy groups -OCH3 is 1. The Morgan fingerprint density at radius 2 is 2.24 bits per heavy atom. The van der Waals surface area contributed by atoms with Gasteiger partial charge in [-0.2, -0.15) is 10.1 Å². The molecule has 0 aliphatic carbocycles. The van der Waals surface area contributed by atoms with Crippen LogP contribution in [0, 0.1) is 0 Å². The fourth-order valence-electron chi connectivity index (χ4n) is 1.44. The molecule has 0 radical (unpaired) electrons. The molecule has 0 unspecified atom stereocenters. The van der Waals surface area contributed by atoms with Crippen molar-refractivity contribution < 1.29 is 4.74 Å². The van der Waals surface area contributed by atoms with Gasteiger partial charge in [0.15, 0.2) is 5.82 Å². The van der Waals surface area contributed by atoms with Crippen molar-refractivity contribution >= 4 is 11.5 Å². The van der Waals surface area contributed by atoms with Gasteiger partial charge in [-0.3, -0.25) is 4.68 Å². The summed E-state index contributed by atoms with van der Waals surface area (Å²) >= 11 is 0. The summed E-state index contributed by atoms with van der Waals surface area (Å²) in [6.45, 7) is 0.575. The Morgan fingerprint density at radius 1 is 1.41 bits per heavy atom. The summed E-state index contributed by atoms with van der Waals surface area (Å²) in [5, 5.41) is 7.38. The minimum absolute atomic E-state index is 0.530. The number of anilines is 2. The van der Waals surface area contributed by atoms with Crippen molar-refractivity contribution in [2.24, 2.45) is 7.05 Å². The standard InChI is InChI=1S/C11H15N5O/c1-16-6-5-8(15-16)7-13-11-9(12)3-4-10(14-11)17-2/h3-6H,7,12H2,1-2H3,(H,13,14). The van der Waals surface area contributed by atoms with E-state index in [4.69, 9.17) is 10.5 Å². The molecule has 2 aromatic heterocycles. The van der Waals surface area contributed by atoms with Gasteiger partial charge in [-0.25, -0.2) is 0 Å². The molecule has 2 aromatic rings. The second-order valence-electron chi connectivity index (χ2n) is 3.63. The summed E-state index contributed by atoms with van der Waals surface area (Å²) < 4.78 is 6.79. The number of ether oxygens (including phenoxy) is 1. The summed E-state index contributed by atoms with van der Waals surface area (Å²) in [7, 11) is 3.45. The molecule has 0 aliphatic rings. The second kappa shape index (κ2) is 4.73. The monoisotopic (exact) mass is 233 g/mol. The maximum Gasteiger partial charge on any atom is 0.215 e. The van der Waals surface area contributed by atoms with E-state index >= 15 is 0 Å². The van der Waals surface area contributed by atoms with E-state index in [0.29, 0.717) is 23.9 Å². The molecule has 0 aliphatic heterocycles. The van der Waals surface area contributed by atoms with Crippen LogP contribution in [0.15, 0.2) is 24.4 Å². The smallest absolute Gasteiger partial charge is 0.215 e. The highest BCUT2D eigenvalue weighted by Gasteiger charge is 2.04. The van der Waals surface area contributed by atoms with Gasteiger partial charge in [0.2, 0.25) is 5.88 Å². The highest BCUT2D eigenvalue weighted by Crippen LogP contribution is 2.19. The van der Waals surface area contributed by atoms with Gasteiger partial charge < -0.3 is 15.8 Å². The molecule has 3 N–H and O–H groups in total. The minimum Gasteiger partial charge on any atom is -0.481 e. The minimum atomic E-state index is 0.530. The lowest BCUT2D eigenvalue weighted by Crippen LogP contribution is -2.06. The van der Waals surface area contributed by atoms with Gasteiger partial charge in [0.25, 0.3) is 0 Å². The van der Waals surface area contributed by atoms with E-state index in [1.54, 1.807) is 23.9 Å². The molecule has 0 saturated heterocycles. The molecule has 0 saturated carbocycles. The first-order chi connectivity index (χ1) is 8.19. The van der Waals surface area contributed by atoms with Crippen LogP contribution in [0.3, 0.4) is 0 Å². The molecule has 6 nitrogen and oxygen atoms in total. The van der Waals surface area contributed by atoms with E-state index in [1.807, 2.05) is 19.3 Å². The Bertz CT molecular complexity index is 508. The van der Waals surface area contributed by atoms with Crippen molar-refractivity contribution in [3.63, 3.8) is 0 Å². The summed E-state index contributed by atoms with van der Waals surface area (Å²) in [6, 6.07) is 5.41. The lowest BCUT2D eigenvalue weighted by molar-refractivity contribution is 0.398. The maximum atomic E-state index is 5.81. The zero-order chi connectivity index (χ0) is 12.3. The summed E-state index contributed by atoms with van der Waals surface area (Å²) in [5.41, 5.74) is 7.32. The van der Waals surface area contributed by atoms with Crippen molar-refractivity contribution in [2.45, 2.75) is 6.54 Å². The molecule has 2 heterocycles. The van der Waals surface area contributed by atoms with E-state index in [9.17, 15) is 0 Å². The lowest BCUT2D eigenvalue weighted by atomic mass is 10.3. The van der Waals surface area contributed by atoms with Crippen LogP contribution < -0.4 is 15.8 Å². The van der Waals surface area contributed by atoms with Crippen LogP contribution in [0.2, 0.25) is 0 Å². The Kier molecular flexibility index (Phi) is 3.13. The van der Waals surface area contributed by atoms with Gasteiger partial charge in [-0.15, -0.1) is 0 Å². The highest BCUT2D eigenvalue weighted by molar-refractivity contribution is 5.61. The van der Waals surface area contributed by atoms with Gasteiger partial charge >= 0.3 is 0 Å². The number of hydrogen-bond donors (Lipinski definition) is 2. The van der Waals surface area contributed by atoms with Crippen molar-refractivity contribution in [3.05, 3.63) is 30.1 Å². The number of pyridine rings is 1. The first kappa shape index (κ1) is 11.3. The topological polar surface area (TPSA) is 78.0 Å². The number of aryl methyl sites for hydroxylation is 1. The van der Waals surface area contributed by atoms with E-state index in [0.717, 1.165) is 5.69 Å². The third-order valence-corrected chi connectivity index (χ3v) is 2.32. The van der Waals surface area contributed by atoms with E-state index in [-0.39, 0.29) is 0 Å². The van der Waals surface area contributed by atoms with Crippen LogP contribution in [0.5, 0.6) is 5.88 Å². The lowest BCUT2D eigenvalue weighted by Gasteiger charge is -2.08. The number of nitrogen functional groups attached to an aromatic ring is 1. The van der Waals surface area contributed by atoms with E-state index in [2.05, 4.69) is 15.4 Å². The number of nitrogens with one attached hydrogen (secondary N) is 1. The van der Waals surface area contributed by atoms with Gasteiger partial charge in [0, 0.05) is 19.3 Å². The fraction of sp³-hybridized carbons (Fsp3) is 0.273. The second-order valence-corrected chi connectivity index (χ2v) is 3.63. The first-order valence-electron chi connectivity index (χ1n) is 5.22. The van der Waals surface area contributed by atoms with Gasteiger partial charge in [0.05, 0.1) is 25.0 Å². The Labute approximate surface area is 99.4 Å². The number of rotatable bonds is 4. The normalized spacial score (nSPS) is 10.2. The molecule has 0 spiro atoms. The van der Waals surface area contributed by atoms with Crippen LogP contribution in [-0.2, 0) is 13.6 Å². The molecule has 90 valence electrons. The van der Waals surface area contributed by atoms with E-state index in [1.165, 1.54) is 0 Å². The van der Waals surface area contributed by atoms with Crippen LogP contribution in [0.25, 0.3) is 0 Å². The molecule has 0 amide bonds. The van der Waals surface area contributed by atoms with Crippen LogP contribution in [0.4, 0.5) is 11.5 Å². The number of nitrogens with zero attached hydrogens (tertiary/aromatic N) is 3. The third-order valence-electron chi connectivity index (χ3n) is 2.32. The predicted octanol–water partition coefficient (Wildman–Crippen LogP) is 1.02. The quantitative estimate of drug-likeness (QED) is 0.824. The van der Waals surface area contributed by atoms with Gasteiger partial charge in [0.1, 0.15) is 0 Å². The molecule has 0 aromatic carbocycles. The largest absolute Gasteiger partial charge is 0.481 e. The summed E-state index contributed by atoms with van der Waals surface area (Å²) in [6.07, 6.45) is 1.89. The maximum absolute atomic E-state index is 5.81. The SMILES string of the molecule is COc1ccc(N)c(NCc2ccn(C)n2)n1. The molecule has 0 fully saturated rings. The van der Waals surface area contributed by atoms with E-state index < -0.39 is 0 Å². The van der Waals surface area contributed by atoms with Crippen molar-refractivity contribution in [1.82, 2.24) is 14.8 Å². The van der Waals surface area contributed by atoms with Crippen LogP contribution >= 0.6 is 0 Å². The van der Waals surface area contributed by atoms with Crippen LogP contribution in [-0.4, -0.2) is 21.9 Å². The average molecular weight is 233 g/mol. The fourth-order valence-corrected chi connectivity index (χ4v) is 1.44. The number of aromatic nitrogens is 3. The van der Waals surface area contributed by atoms with Crippen molar-refractivity contribution in [2.75, 3.05) is 18.2 Å². The number of hydrogen-bond acceptors (Lipinski definition) is 5. The first-order valence-corrected chi connectivity index (χ1v) is 5.22. The Balaban J connectivity index is 2.07. The summed E-state index contributed by atoms with van der Waals surface area (Å²) in [4.78, 5) is 4.22. The molecule has 6 heteroatoms. The zero-order valence-electron chi connectivity index (χ0n) is 9.84. The molecule has 0 atom stereocenters. The molecular formula is C11H15N5O. The predicted molar refractivity (Wildman–Crippen MR) is 65.7 cm³/mol. The molecule has 0 bridgehead atoms. The molecular weight excluding hydrogens is 218 g/mol. The van der Waals surface area contributed by atoms with Gasteiger partial charge in [-0.05, 0) is 12.1 Å². The zero-order valence-corrected chi connectivity index (χ0v) is 9.84. The molecule has 17 heavy (non-hydrogen) atoms. The number of nitrogens with two attached hydrogens (primary N) is 1. The highest BCUT2D eigenvalue weighted by atomic mass is 16.5. The Morgan fingerprint density at radius 3 is 2.88 bits per heavy atom.